The number of aromatic nitrogens is 3. The monoisotopic (exact) mass is 702 g/mol. The van der Waals surface area contributed by atoms with Gasteiger partial charge in [0.15, 0.2) is 0 Å². The summed E-state index contributed by atoms with van der Waals surface area (Å²) in [5.74, 6) is -4.06. The van der Waals surface area contributed by atoms with Crippen LogP contribution in [0.15, 0.2) is 109 Å². The van der Waals surface area contributed by atoms with Crippen molar-refractivity contribution in [3.05, 3.63) is 120 Å². The van der Waals surface area contributed by atoms with E-state index in [9.17, 15) is 19.5 Å². The summed E-state index contributed by atoms with van der Waals surface area (Å²) in [7, 11) is 0. The summed E-state index contributed by atoms with van der Waals surface area (Å²) in [6.07, 6.45) is 6.00. The van der Waals surface area contributed by atoms with Gasteiger partial charge in [0.25, 0.3) is 5.91 Å². The number of fused-ring (bicyclic) bond motifs is 3. The van der Waals surface area contributed by atoms with Crippen molar-refractivity contribution in [1.82, 2.24) is 30.1 Å². The quantitative estimate of drug-likeness (QED) is 0.228. The second-order valence-corrected chi connectivity index (χ2v) is 13.5. The summed E-state index contributed by atoms with van der Waals surface area (Å²) < 4.78 is 14.4. The van der Waals surface area contributed by atoms with E-state index >= 15 is 4.79 Å². The molecule has 0 saturated carbocycles. The number of carbonyl (C=O) groups is 4. The Morgan fingerprint density at radius 3 is 2.46 bits per heavy atom. The van der Waals surface area contributed by atoms with E-state index in [0.717, 1.165) is 0 Å². The minimum Gasteiger partial charge on any atom is -0.455 e. The first-order chi connectivity index (χ1) is 25.4. The summed E-state index contributed by atoms with van der Waals surface area (Å²) in [5.41, 5.74) is 1.14. The van der Waals surface area contributed by atoms with Crippen LogP contribution in [0.1, 0.15) is 36.1 Å². The molecule has 1 spiro atoms. The lowest BCUT2D eigenvalue weighted by Crippen LogP contribution is -2.57. The molecular formula is C39H38N6O7. The average molecular weight is 703 g/mol. The predicted octanol–water partition coefficient (Wildman–Crippen LogP) is 2.85. The number of rotatable bonds is 6. The van der Waals surface area contributed by atoms with Crippen LogP contribution in [0.3, 0.4) is 0 Å². The molecule has 0 aliphatic carbocycles. The van der Waals surface area contributed by atoms with Crippen LogP contribution in [-0.4, -0.2) is 91.0 Å². The number of aliphatic hydroxyl groups is 1. The molecule has 13 heteroatoms. The van der Waals surface area contributed by atoms with Crippen molar-refractivity contribution in [2.75, 3.05) is 19.7 Å². The van der Waals surface area contributed by atoms with Gasteiger partial charge in [-0.25, -0.2) is 4.68 Å². The van der Waals surface area contributed by atoms with Crippen molar-refractivity contribution in [3.63, 3.8) is 0 Å². The summed E-state index contributed by atoms with van der Waals surface area (Å²) in [5, 5.41) is 22.4. The number of hydrogen-bond donors (Lipinski definition) is 2. The van der Waals surface area contributed by atoms with E-state index in [1.54, 1.807) is 46.0 Å². The Balaban J connectivity index is 1.24. The fourth-order valence-electron chi connectivity index (χ4n) is 8.04. The second-order valence-electron chi connectivity index (χ2n) is 13.5. The minimum absolute atomic E-state index is 0.0179. The molecule has 5 heterocycles. The average Bonchev–Trinajstić information content (AvgIpc) is 3.93. The molecule has 2 fully saturated rings. The minimum atomic E-state index is -1.53. The van der Waals surface area contributed by atoms with E-state index in [-0.39, 0.29) is 32.1 Å². The zero-order chi connectivity index (χ0) is 35.8. The van der Waals surface area contributed by atoms with E-state index in [0.29, 0.717) is 28.6 Å². The molecule has 1 aromatic heterocycles. The number of cyclic esters (lactones) is 1. The highest BCUT2D eigenvalue weighted by Crippen LogP contribution is 2.57. The topological polar surface area (TPSA) is 156 Å². The third-order valence-corrected chi connectivity index (χ3v) is 10.5. The summed E-state index contributed by atoms with van der Waals surface area (Å²) in [6.45, 7) is -0.356. The second kappa shape index (κ2) is 13.8. The number of benzene rings is 3. The molecule has 13 nitrogen and oxygen atoms in total. The zero-order valence-electron chi connectivity index (χ0n) is 28.2. The van der Waals surface area contributed by atoms with Gasteiger partial charge < -0.3 is 29.7 Å². The van der Waals surface area contributed by atoms with Gasteiger partial charge >= 0.3 is 5.97 Å². The Hall–Kier alpha value is -5.66. The molecule has 8 rings (SSSR count). The van der Waals surface area contributed by atoms with Crippen LogP contribution in [0.5, 0.6) is 0 Å². The maximum atomic E-state index is 15.2. The van der Waals surface area contributed by atoms with Crippen LogP contribution in [-0.2, 0) is 35.3 Å². The Kier molecular flexibility index (Phi) is 8.89. The highest BCUT2D eigenvalue weighted by molar-refractivity contribution is 5.99. The van der Waals surface area contributed by atoms with Crippen molar-refractivity contribution in [1.29, 1.82) is 0 Å². The van der Waals surface area contributed by atoms with E-state index < -0.39 is 66.1 Å². The lowest BCUT2D eigenvalue weighted by atomic mass is 9.74. The Morgan fingerprint density at radius 2 is 1.67 bits per heavy atom. The van der Waals surface area contributed by atoms with Crippen LogP contribution in [0.4, 0.5) is 0 Å². The van der Waals surface area contributed by atoms with Gasteiger partial charge in [-0.1, -0.05) is 102 Å². The number of nitrogens with zero attached hydrogens (tertiary/aromatic N) is 5. The molecule has 3 amide bonds. The number of aliphatic hydroxyl groups excluding tert-OH is 1. The highest BCUT2D eigenvalue weighted by atomic mass is 16.6. The van der Waals surface area contributed by atoms with Crippen molar-refractivity contribution >= 4 is 34.7 Å². The molecule has 266 valence electrons. The summed E-state index contributed by atoms with van der Waals surface area (Å²) in [4.78, 5) is 60.3. The molecule has 4 aliphatic heterocycles. The number of esters is 1. The number of amides is 3. The van der Waals surface area contributed by atoms with Crippen molar-refractivity contribution in [2.45, 2.75) is 49.4 Å². The molecular weight excluding hydrogens is 664 g/mol. The number of carbonyl (C=O) groups excluding carboxylic acids is 4. The van der Waals surface area contributed by atoms with Gasteiger partial charge in [-0.05, 0) is 29.7 Å². The highest BCUT2D eigenvalue weighted by Gasteiger charge is 2.74. The number of para-hydroxylation sites is 1. The van der Waals surface area contributed by atoms with Gasteiger partial charge in [-0.3, -0.25) is 19.2 Å². The van der Waals surface area contributed by atoms with Crippen LogP contribution < -0.4 is 5.32 Å². The number of nitrogens with one attached hydrogen (secondary N) is 1. The Bertz CT molecular complexity index is 2050. The van der Waals surface area contributed by atoms with E-state index in [1.807, 2.05) is 72.8 Å². The standard InChI is InChI=1S/C39H38N6O7/c46-23-29(25-12-4-1-5-13-25)45-35-37(49)43(24-44-28-17-10-9-16-27(28)41-42-44)21-11-3-8-18-32(47)40-22-31(26-14-6-2-7-15-26)51-38(50)33-30-19-20-39(35,52-30)34(33)36(45)48/h1-7,9-17,19-20,29-31,33-35,46H,8,18,21-24H2,(H,40,47)/b11-3-/t29-,30+,31+,33-,34-,35+,39-/m1/s1. The normalized spacial score (nSPS) is 28.9. The van der Waals surface area contributed by atoms with Crippen molar-refractivity contribution in [2.24, 2.45) is 11.8 Å². The molecule has 4 aromatic rings. The van der Waals surface area contributed by atoms with Crippen LogP contribution in [0, 0.1) is 11.8 Å². The number of allylic oxidation sites excluding steroid dienone is 1. The lowest BCUT2D eigenvalue weighted by molar-refractivity contribution is -0.160. The van der Waals surface area contributed by atoms with Gasteiger partial charge in [0, 0.05) is 13.0 Å². The van der Waals surface area contributed by atoms with Crippen molar-refractivity contribution in [3.8, 4) is 0 Å². The van der Waals surface area contributed by atoms with E-state index in [1.165, 1.54) is 4.90 Å². The predicted molar refractivity (Wildman–Crippen MR) is 187 cm³/mol. The summed E-state index contributed by atoms with van der Waals surface area (Å²) >= 11 is 0. The number of hydrogen-bond acceptors (Lipinski definition) is 9. The van der Waals surface area contributed by atoms with Crippen LogP contribution in [0.25, 0.3) is 11.0 Å². The number of likely N-dealkylation sites (tertiary alicyclic amines) is 1. The van der Waals surface area contributed by atoms with Gasteiger partial charge in [-0.2, -0.15) is 0 Å². The van der Waals surface area contributed by atoms with E-state index in [4.69, 9.17) is 9.47 Å². The van der Waals surface area contributed by atoms with Crippen LogP contribution in [0.2, 0.25) is 0 Å². The zero-order valence-corrected chi connectivity index (χ0v) is 28.2. The summed E-state index contributed by atoms with van der Waals surface area (Å²) in [6, 6.07) is 23.3. The largest absolute Gasteiger partial charge is 0.455 e. The maximum Gasteiger partial charge on any atom is 0.313 e. The lowest BCUT2D eigenvalue weighted by Gasteiger charge is -2.38. The fourth-order valence-corrected chi connectivity index (χ4v) is 8.04. The smallest absolute Gasteiger partial charge is 0.313 e. The molecule has 2 saturated heterocycles. The molecule has 5 bridgehead atoms. The third kappa shape index (κ3) is 5.75. The molecule has 4 aliphatic rings. The molecule has 2 N–H and O–H groups in total. The van der Waals surface area contributed by atoms with Gasteiger partial charge in [0.05, 0.1) is 36.7 Å². The van der Waals surface area contributed by atoms with Gasteiger partial charge in [-0.15, -0.1) is 5.10 Å². The van der Waals surface area contributed by atoms with Crippen LogP contribution >= 0.6 is 0 Å². The molecule has 0 radical (unpaired) electrons. The molecule has 0 unspecified atom stereocenters. The Labute approximate surface area is 299 Å². The third-order valence-electron chi connectivity index (χ3n) is 10.5. The molecule has 7 atom stereocenters. The first-order valence-electron chi connectivity index (χ1n) is 17.5. The van der Waals surface area contributed by atoms with Gasteiger partial charge in [0.1, 0.15) is 35.9 Å². The van der Waals surface area contributed by atoms with Crippen molar-refractivity contribution < 1.29 is 33.8 Å². The van der Waals surface area contributed by atoms with E-state index in [2.05, 4.69) is 15.6 Å². The SMILES string of the molecule is O=C1CC/C=C\CN(Cn2nnc3ccccc32)C(=O)[C@@H]2N([C@H](CO)c3ccccc3)C(=O)[C@H]3[C@H](C(=O)O[C@H](c4ccccc4)CN1)[C@@H]1C=C[C@]23O1. The molecule has 3 aromatic carbocycles. The number of ether oxygens (including phenoxy) is 2. The maximum absolute atomic E-state index is 15.2. The first-order valence-corrected chi connectivity index (χ1v) is 17.5. The molecule has 52 heavy (non-hydrogen) atoms. The van der Waals surface area contributed by atoms with Gasteiger partial charge in [0.2, 0.25) is 11.8 Å². The first kappa shape index (κ1) is 33.5. The fraction of sp³-hybridized carbons (Fsp3) is 0.333. The Morgan fingerprint density at radius 1 is 0.923 bits per heavy atom.